The third kappa shape index (κ3) is 3.79. The van der Waals surface area contributed by atoms with Crippen molar-refractivity contribution in [3.63, 3.8) is 0 Å². The molecule has 0 bridgehead atoms. The lowest BCUT2D eigenvalue weighted by Gasteiger charge is -2.20. The van der Waals surface area contributed by atoms with Crippen LogP contribution in [0.15, 0.2) is 42.5 Å². The van der Waals surface area contributed by atoms with Gasteiger partial charge in [0, 0.05) is 10.0 Å². The summed E-state index contributed by atoms with van der Waals surface area (Å²) in [5.41, 5.74) is 3.56. The van der Waals surface area contributed by atoms with Crippen molar-refractivity contribution in [1.29, 1.82) is 0 Å². The van der Waals surface area contributed by atoms with Crippen LogP contribution in [0.25, 0.3) is 0 Å². The van der Waals surface area contributed by atoms with Crippen LogP contribution in [0.5, 0.6) is 0 Å². The molecule has 0 aliphatic rings. The quantitative estimate of drug-likeness (QED) is 0.732. The summed E-state index contributed by atoms with van der Waals surface area (Å²) >= 11 is 12.4. The van der Waals surface area contributed by atoms with Crippen molar-refractivity contribution < 1.29 is 0 Å². The van der Waals surface area contributed by atoms with Gasteiger partial charge in [-0.25, -0.2) is 0 Å². The second-order valence-electron chi connectivity index (χ2n) is 5.36. The molecular weight excluding hydrogens is 301 g/mol. The summed E-state index contributed by atoms with van der Waals surface area (Å²) in [6.07, 6.45) is 1.15. The van der Waals surface area contributed by atoms with Crippen molar-refractivity contribution >= 4 is 23.2 Å². The Balaban J connectivity index is 2.35. The topological polar surface area (TPSA) is 12.0 Å². The van der Waals surface area contributed by atoms with Crippen LogP contribution in [0.2, 0.25) is 10.0 Å². The zero-order valence-corrected chi connectivity index (χ0v) is 14.2. The Labute approximate surface area is 137 Å². The normalized spacial score (nSPS) is 14.0. The van der Waals surface area contributed by atoms with Crippen LogP contribution >= 0.6 is 23.2 Å². The molecule has 0 fully saturated rings. The van der Waals surface area contributed by atoms with Gasteiger partial charge in [0.05, 0.1) is 6.04 Å². The summed E-state index contributed by atoms with van der Waals surface area (Å²) in [6.45, 7) is 4.46. The minimum Gasteiger partial charge on any atom is -0.309 e. The molecule has 1 N–H and O–H groups in total. The summed E-state index contributed by atoms with van der Waals surface area (Å²) < 4.78 is 0. The van der Waals surface area contributed by atoms with Crippen molar-refractivity contribution in [3.8, 4) is 0 Å². The molecule has 1 nitrogen and oxygen atoms in total. The van der Waals surface area contributed by atoms with E-state index in [1.807, 2.05) is 25.2 Å². The highest BCUT2D eigenvalue weighted by Crippen LogP contribution is 2.31. The minimum atomic E-state index is 0.0437. The molecule has 0 saturated carbocycles. The van der Waals surface area contributed by atoms with Gasteiger partial charge in [0.2, 0.25) is 0 Å². The minimum absolute atomic E-state index is 0.0437. The van der Waals surface area contributed by atoms with Gasteiger partial charge in [0.25, 0.3) is 0 Å². The maximum atomic E-state index is 6.33. The molecule has 112 valence electrons. The Bertz CT molecular complexity index is 593. The summed E-state index contributed by atoms with van der Waals surface area (Å²) in [5, 5.41) is 4.75. The van der Waals surface area contributed by atoms with Crippen molar-refractivity contribution in [2.75, 3.05) is 7.05 Å². The van der Waals surface area contributed by atoms with Gasteiger partial charge in [-0.3, -0.25) is 0 Å². The predicted octanol–water partition coefficient (Wildman–Crippen LogP) is 5.82. The first-order chi connectivity index (χ1) is 10.1. The first-order valence-electron chi connectivity index (χ1n) is 7.28. The van der Waals surface area contributed by atoms with E-state index in [-0.39, 0.29) is 6.04 Å². The summed E-state index contributed by atoms with van der Waals surface area (Å²) in [6, 6.07) is 14.4. The van der Waals surface area contributed by atoms with Crippen LogP contribution in [-0.4, -0.2) is 7.05 Å². The maximum absolute atomic E-state index is 6.33. The van der Waals surface area contributed by atoms with Gasteiger partial charge in [-0.15, -0.1) is 0 Å². The molecule has 0 aliphatic heterocycles. The van der Waals surface area contributed by atoms with E-state index in [0.29, 0.717) is 10.9 Å². The van der Waals surface area contributed by atoms with Crippen molar-refractivity contribution in [2.45, 2.75) is 32.2 Å². The molecule has 2 aromatic rings. The van der Waals surface area contributed by atoms with Gasteiger partial charge in [0.1, 0.15) is 0 Å². The molecule has 0 aliphatic carbocycles. The zero-order valence-electron chi connectivity index (χ0n) is 12.7. The van der Waals surface area contributed by atoms with Gasteiger partial charge >= 0.3 is 0 Å². The average molecular weight is 322 g/mol. The Kier molecular flexibility index (Phi) is 5.69. The molecule has 3 heteroatoms. The van der Waals surface area contributed by atoms with E-state index in [4.69, 9.17) is 23.2 Å². The fourth-order valence-electron chi connectivity index (χ4n) is 2.49. The second kappa shape index (κ2) is 7.31. The average Bonchev–Trinajstić information content (AvgIpc) is 2.51. The standard InChI is InChI=1S/C18H21Cl2N/c1-4-12(2)13-5-7-14(8-6-13)18(21-3)16-11-15(19)9-10-17(16)20/h5-12,18,21H,4H2,1-3H3. The fourth-order valence-corrected chi connectivity index (χ4v) is 2.90. The van der Waals surface area contributed by atoms with Crippen molar-refractivity contribution in [3.05, 3.63) is 69.2 Å². The number of nitrogens with one attached hydrogen (secondary N) is 1. The van der Waals surface area contributed by atoms with Crippen LogP contribution < -0.4 is 5.32 Å². The molecule has 2 unspecified atom stereocenters. The van der Waals surface area contributed by atoms with Gasteiger partial charge in [0.15, 0.2) is 0 Å². The molecule has 0 radical (unpaired) electrons. The van der Waals surface area contributed by atoms with E-state index in [1.54, 1.807) is 0 Å². The monoisotopic (exact) mass is 321 g/mol. The van der Waals surface area contributed by atoms with E-state index in [0.717, 1.165) is 17.0 Å². The number of rotatable bonds is 5. The first-order valence-corrected chi connectivity index (χ1v) is 8.04. The lowest BCUT2D eigenvalue weighted by Crippen LogP contribution is -2.18. The van der Waals surface area contributed by atoms with Gasteiger partial charge in [-0.05, 0) is 54.3 Å². The summed E-state index contributed by atoms with van der Waals surface area (Å²) in [7, 11) is 1.93. The molecule has 2 aromatic carbocycles. The van der Waals surface area contributed by atoms with Gasteiger partial charge in [-0.1, -0.05) is 61.3 Å². The van der Waals surface area contributed by atoms with E-state index in [9.17, 15) is 0 Å². The van der Waals surface area contributed by atoms with Crippen LogP contribution in [0.4, 0.5) is 0 Å². The Morgan fingerprint density at radius 3 is 2.19 bits per heavy atom. The number of benzene rings is 2. The largest absolute Gasteiger partial charge is 0.309 e. The number of hydrogen-bond donors (Lipinski definition) is 1. The highest BCUT2D eigenvalue weighted by Gasteiger charge is 2.16. The molecule has 2 atom stereocenters. The van der Waals surface area contributed by atoms with Crippen LogP contribution in [0.3, 0.4) is 0 Å². The van der Waals surface area contributed by atoms with E-state index in [1.165, 1.54) is 11.1 Å². The molecule has 0 spiro atoms. The summed E-state index contributed by atoms with van der Waals surface area (Å²) in [5.74, 6) is 0.585. The fraction of sp³-hybridized carbons (Fsp3) is 0.333. The lowest BCUT2D eigenvalue weighted by molar-refractivity contribution is 0.688. The van der Waals surface area contributed by atoms with Crippen LogP contribution in [0.1, 0.15) is 48.9 Å². The van der Waals surface area contributed by atoms with Crippen molar-refractivity contribution in [1.82, 2.24) is 5.32 Å². The molecule has 0 amide bonds. The first kappa shape index (κ1) is 16.4. The highest BCUT2D eigenvalue weighted by molar-refractivity contribution is 6.33. The number of halogens is 2. The molecule has 0 saturated heterocycles. The molecule has 0 aromatic heterocycles. The summed E-state index contributed by atoms with van der Waals surface area (Å²) in [4.78, 5) is 0. The second-order valence-corrected chi connectivity index (χ2v) is 6.21. The van der Waals surface area contributed by atoms with E-state index in [2.05, 4.69) is 43.4 Å². The van der Waals surface area contributed by atoms with Gasteiger partial charge < -0.3 is 5.32 Å². The lowest BCUT2D eigenvalue weighted by atomic mass is 9.93. The Morgan fingerprint density at radius 2 is 1.62 bits per heavy atom. The smallest absolute Gasteiger partial charge is 0.0589 e. The molecule has 2 rings (SSSR count). The van der Waals surface area contributed by atoms with Crippen LogP contribution in [-0.2, 0) is 0 Å². The maximum Gasteiger partial charge on any atom is 0.0589 e. The zero-order chi connectivity index (χ0) is 15.4. The number of hydrogen-bond acceptors (Lipinski definition) is 1. The third-order valence-corrected chi connectivity index (χ3v) is 4.59. The van der Waals surface area contributed by atoms with E-state index < -0.39 is 0 Å². The Hall–Kier alpha value is -1.02. The third-order valence-electron chi connectivity index (χ3n) is 4.01. The highest BCUT2D eigenvalue weighted by atomic mass is 35.5. The SMILES string of the molecule is CCC(C)c1ccc(C(NC)c2cc(Cl)ccc2Cl)cc1. The van der Waals surface area contributed by atoms with Gasteiger partial charge in [-0.2, -0.15) is 0 Å². The molecular formula is C18H21Cl2N. The van der Waals surface area contributed by atoms with Crippen LogP contribution in [0, 0.1) is 0 Å². The Morgan fingerprint density at radius 1 is 1.00 bits per heavy atom. The van der Waals surface area contributed by atoms with Crippen molar-refractivity contribution in [2.24, 2.45) is 0 Å². The molecule has 0 heterocycles. The predicted molar refractivity (Wildman–Crippen MR) is 92.5 cm³/mol. The van der Waals surface area contributed by atoms with E-state index >= 15 is 0 Å². The molecule has 21 heavy (non-hydrogen) atoms.